The molecule has 2 nitrogen and oxygen atoms in total. The molecular formula is C7H12O2Si. The molecule has 0 spiro atoms. The minimum absolute atomic E-state index is 0.0850. The highest BCUT2D eigenvalue weighted by atomic mass is 28.2. The van der Waals surface area contributed by atoms with Crippen LogP contribution in [0.4, 0.5) is 0 Å². The molecule has 0 aromatic heterocycles. The van der Waals surface area contributed by atoms with E-state index in [2.05, 4.69) is 13.2 Å². The second kappa shape index (κ2) is 5.14. The van der Waals surface area contributed by atoms with Gasteiger partial charge in [0.25, 0.3) is 0 Å². The average molecular weight is 156 g/mol. The number of carbonyl (C=O) groups excluding carboxylic acids is 1. The Bertz CT molecular complexity index is 152. The SMILES string of the molecule is C=CCO[SiH2]C(=O)C(=C)C. The summed E-state index contributed by atoms with van der Waals surface area (Å²) in [6.07, 6.45) is 1.64. The predicted molar refractivity (Wildman–Crippen MR) is 44.5 cm³/mol. The maximum atomic E-state index is 10.8. The van der Waals surface area contributed by atoms with Crippen LogP contribution >= 0.6 is 0 Å². The second-order valence-electron chi connectivity index (χ2n) is 2.01. The summed E-state index contributed by atoms with van der Waals surface area (Å²) < 4.78 is 5.02. The van der Waals surface area contributed by atoms with Crippen molar-refractivity contribution in [3.63, 3.8) is 0 Å². The molecule has 56 valence electrons. The molecule has 0 rings (SSSR count). The van der Waals surface area contributed by atoms with E-state index in [1.165, 1.54) is 0 Å². The van der Waals surface area contributed by atoms with Crippen LogP contribution in [0, 0.1) is 0 Å². The summed E-state index contributed by atoms with van der Waals surface area (Å²) in [6, 6.07) is 0. The van der Waals surface area contributed by atoms with Crippen molar-refractivity contribution in [2.75, 3.05) is 6.61 Å². The first-order valence-corrected chi connectivity index (χ1v) is 4.34. The van der Waals surface area contributed by atoms with E-state index in [0.717, 1.165) is 0 Å². The molecule has 0 atom stereocenters. The smallest absolute Gasteiger partial charge is 0.240 e. The van der Waals surface area contributed by atoms with Crippen molar-refractivity contribution >= 4 is 15.2 Å². The van der Waals surface area contributed by atoms with E-state index in [-0.39, 0.29) is 5.41 Å². The third-order valence-electron chi connectivity index (χ3n) is 0.945. The third kappa shape index (κ3) is 4.23. The van der Waals surface area contributed by atoms with Crippen molar-refractivity contribution < 1.29 is 9.22 Å². The Morgan fingerprint density at radius 1 is 1.80 bits per heavy atom. The molecule has 3 heteroatoms. The Hall–Kier alpha value is -0.673. The van der Waals surface area contributed by atoms with Crippen LogP contribution < -0.4 is 0 Å². The summed E-state index contributed by atoms with van der Waals surface area (Å²) in [7, 11) is -1.03. The van der Waals surface area contributed by atoms with Crippen LogP contribution in [0.2, 0.25) is 0 Å². The standard InChI is InChI=1S/C7H12O2Si/c1-4-5-9-10-7(8)6(2)3/h4H,1-2,5,10H2,3H3. The zero-order chi connectivity index (χ0) is 7.98. The van der Waals surface area contributed by atoms with Crippen LogP contribution in [-0.2, 0) is 9.22 Å². The zero-order valence-corrected chi connectivity index (χ0v) is 7.64. The van der Waals surface area contributed by atoms with Crippen molar-refractivity contribution in [1.82, 2.24) is 0 Å². The van der Waals surface area contributed by atoms with Gasteiger partial charge < -0.3 is 4.43 Å². The lowest BCUT2D eigenvalue weighted by Crippen LogP contribution is -2.13. The Balaban J connectivity index is 3.40. The molecule has 0 radical (unpaired) electrons. The van der Waals surface area contributed by atoms with E-state index in [1.807, 2.05) is 0 Å². The first-order chi connectivity index (χ1) is 4.68. The monoisotopic (exact) mass is 156 g/mol. The van der Waals surface area contributed by atoms with Gasteiger partial charge in [0.2, 0.25) is 9.76 Å². The van der Waals surface area contributed by atoms with Crippen LogP contribution in [0.15, 0.2) is 24.8 Å². The highest BCUT2D eigenvalue weighted by Gasteiger charge is 2.01. The second-order valence-corrected chi connectivity index (χ2v) is 3.35. The van der Waals surface area contributed by atoms with Crippen LogP contribution in [0.1, 0.15) is 6.92 Å². The molecule has 0 N–H and O–H groups in total. The molecule has 0 aliphatic heterocycles. The molecule has 0 unspecified atom stereocenters. The minimum atomic E-state index is -1.03. The first kappa shape index (κ1) is 9.33. The van der Waals surface area contributed by atoms with Gasteiger partial charge in [-0.1, -0.05) is 12.7 Å². The van der Waals surface area contributed by atoms with Crippen LogP contribution in [0.25, 0.3) is 0 Å². The summed E-state index contributed by atoms with van der Waals surface area (Å²) in [4.78, 5) is 10.8. The van der Waals surface area contributed by atoms with E-state index in [4.69, 9.17) is 4.43 Å². The number of hydrogen-bond acceptors (Lipinski definition) is 2. The van der Waals surface area contributed by atoms with Gasteiger partial charge in [-0.25, -0.2) is 0 Å². The molecule has 10 heavy (non-hydrogen) atoms. The average Bonchev–Trinajstić information content (AvgIpc) is 1.88. The van der Waals surface area contributed by atoms with E-state index >= 15 is 0 Å². The Morgan fingerprint density at radius 2 is 2.40 bits per heavy atom. The number of carbonyl (C=O) groups is 1. The van der Waals surface area contributed by atoms with E-state index in [1.54, 1.807) is 13.0 Å². The number of allylic oxidation sites excluding steroid dienone is 1. The molecule has 0 aliphatic rings. The van der Waals surface area contributed by atoms with Gasteiger partial charge >= 0.3 is 0 Å². The van der Waals surface area contributed by atoms with E-state index in [0.29, 0.717) is 12.2 Å². The molecule has 0 saturated carbocycles. The minimum Gasteiger partial charge on any atom is -0.411 e. The van der Waals surface area contributed by atoms with Crippen LogP contribution in [0.5, 0.6) is 0 Å². The Kier molecular flexibility index (Phi) is 4.79. The topological polar surface area (TPSA) is 26.3 Å². The molecule has 0 amide bonds. The van der Waals surface area contributed by atoms with Gasteiger partial charge in [0, 0.05) is 0 Å². The highest BCUT2D eigenvalue weighted by molar-refractivity contribution is 6.72. The molecule has 0 fully saturated rings. The molecule has 0 aromatic carbocycles. The fraction of sp³-hybridized carbons (Fsp3) is 0.286. The van der Waals surface area contributed by atoms with Crippen LogP contribution in [0.3, 0.4) is 0 Å². The summed E-state index contributed by atoms with van der Waals surface area (Å²) in [5, 5.41) is 0.0850. The van der Waals surface area contributed by atoms with Crippen molar-refractivity contribution in [1.29, 1.82) is 0 Å². The highest BCUT2D eigenvalue weighted by Crippen LogP contribution is 1.87. The zero-order valence-electron chi connectivity index (χ0n) is 6.22. The molecule has 0 bridgehead atoms. The van der Waals surface area contributed by atoms with Gasteiger partial charge in [-0.05, 0) is 12.5 Å². The van der Waals surface area contributed by atoms with Gasteiger partial charge in [0.05, 0.1) is 6.61 Å². The van der Waals surface area contributed by atoms with E-state index < -0.39 is 9.76 Å². The van der Waals surface area contributed by atoms with Crippen LogP contribution in [-0.4, -0.2) is 21.8 Å². The third-order valence-corrected chi connectivity index (χ3v) is 2.25. The molecule has 0 saturated heterocycles. The summed E-state index contributed by atoms with van der Waals surface area (Å²) in [5.74, 6) is 0. The lowest BCUT2D eigenvalue weighted by molar-refractivity contribution is -0.109. The van der Waals surface area contributed by atoms with Gasteiger partial charge in [-0.3, -0.25) is 4.79 Å². The van der Waals surface area contributed by atoms with Crippen molar-refractivity contribution in [3.05, 3.63) is 24.8 Å². The van der Waals surface area contributed by atoms with Crippen molar-refractivity contribution in [3.8, 4) is 0 Å². The van der Waals surface area contributed by atoms with Gasteiger partial charge in [0.1, 0.15) is 0 Å². The Morgan fingerprint density at radius 3 is 2.80 bits per heavy atom. The van der Waals surface area contributed by atoms with Crippen molar-refractivity contribution in [2.24, 2.45) is 0 Å². The lowest BCUT2D eigenvalue weighted by Gasteiger charge is -1.97. The fourth-order valence-corrected chi connectivity index (χ4v) is 1.07. The van der Waals surface area contributed by atoms with Crippen molar-refractivity contribution in [2.45, 2.75) is 6.92 Å². The molecule has 0 aliphatic carbocycles. The van der Waals surface area contributed by atoms with Gasteiger partial charge in [0.15, 0.2) is 5.41 Å². The lowest BCUT2D eigenvalue weighted by atomic mass is 10.4. The van der Waals surface area contributed by atoms with Gasteiger partial charge in [-0.2, -0.15) is 0 Å². The first-order valence-electron chi connectivity index (χ1n) is 3.06. The molecular weight excluding hydrogens is 144 g/mol. The fourth-order valence-electron chi connectivity index (χ4n) is 0.358. The quantitative estimate of drug-likeness (QED) is 0.249. The number of rotatable bonds is 5. The Labute approximate surface area is 63.5 Å². The molecule has 0 heterocycles. The van der Waals surface area contributed by atoms with E-state index in [9.17, 15) is 4.79 Å². The molecule has 0 aromatic rings. The summed E-state index contributed by atoms with van der Waals surface area (Å²) >= 11 is 0. The summed E-state index contributed by atoms with van der Waals surface area (Å²) in [5.41, 5.74) is 0.593. The van der Waals surface area contributed by atoms with Gasteiger partial charge in [-0.15, -0.1) is 6.58 Å². The predicted octanol–water partition coefficient (Wildman–Crippen LogP) is 0.375. The number of hydrogen-bond donors (Lipinski definition) is 0. The summed E-state index contributed by atoms with van der Waals surface area (Å²) in [6.45, 7) is 9.16. The maximum absolute atomic E-state index is 10.8. The maximum Gasteiger partial charge on any atom is 0.240 e. The largest absolute Gasteiger partial charge is 0.411 e. The normalized spacial score (nSPS) is 10.1.